The van der Waals surface area contributed by atoms with Gasteiger partial charge in [0.25, 0.3) is 0 Å². The van der Waals surface area contributed by atoms with Crippen LogP contribution in [0.25, 0.3) is 0 Å². The molecule has 88 valence electrons. The number of hydrogen-bond acceptors (Lipinski definition) is 5. The number of hydrogen-bond donors (Lipinski definition) is 1. The van der Waals surface area contributed by atoms with Gasteiger partial charge in [-0.05, 0) is 12.8 Å². The van der Waals surface area contributed by atoms with E-state index in [2.05, 4.69) is 15.3 Å². The van der Waals surface area contributed by atoms with Crippen molar-refractivity contribution in [3.63, 3.8) is 0 Å². The van der Waals surface area contributed by atoms with Gasteiger partial charge in [-0.15, -0.1) is 0 Å². The Balaban J connectivity index is 1.83. The molecule has 2 rings (SSSR count). The predicted octanol–water partition coefficient (Wildman–Crippen LogP) is 0.673. The van der Waals surface area contributed by atoms with E-state index in [0.29, 0.717) is 11.8 Å². The molecule has 1 aliphatic carbocycles. The molecule has 1 aliphatic rings. The maximum absolute atomic E-state index is 5.06. The van der Waals surface area contributed by atoms with Crippen LogP contribution >= 0.6 is 0 Å². The van der Waals surface area contributed by atoms with Crippen LogP contribution in [0.1, 0.15) is 12.8 Å². The molecule has 0 saturated heterocycles. The van der Waals surface area contributed by atoms with Crippen LogP contribution in [0, 0.1) is 0 Å². The molecular weight excluding hydrogens is 204 g/mol. The van der Waals surface area contributed by atoms with Crippen molar-refractivity contribution in [1.82, 2.24) is 15.3 Å². The molecule has 0 bridgehead atoms. The van der Waals surface area contributed by atoms with Gasteiger partial charge in [0.05, 0.1) is 7.11 Å². The van der Waals surface area contributed by atoms with Crippen molar-refractivity contribution in [2.24, 2.45) is 0 Å². The Morgan fingerprint density at radius 1 is 1.56 bits per heavy atom. The standard InChI is InChI=1S/C11H18N4O/c1-15(8-7-12-9-3-4-9)11-13-6-5-10(14-11)16-2/h5-6,9,12H,3-4,7-8H2,1-2H3. The number of nitrogens with one attached hydrogen (secondary N) is 1. The Bertz CT molecular complexity index is 341. The first kappa shape index (κ1) is 11.1. The molecular formula is C11H18N4O. The second-order valence-corrected chi connectivity index (χ2v) is 4.05. The van der Waals surface area contributed by atoms with Crippen molar-refractivity contribution in [1.29, 1.82) is 0 Å². The molecule has 1 aromatic rings. The normalized spacial score (nSPS) is 14.9. The average Bonchev–Trinajstić information content (AvgIpc) is 3.13. The first-order valence-corrected chi connectivity index (χ1v) is 5.61. The lowest BCUT2D eigenvalue weighted by Gasteiger charge is -2.17. The van der Waals surface area contributed by atoms with E-state index in [1.807, 2.05) is 11.9 Å². The highest BCUT2D eigenvalue weighted by Gasteiger charge is 2.19. The smallest absolute Gasteiger partial charge is 0.228 e. The predicted molar refractivity (Wildman–Crippen MR) is 62.9 cm³/mol. The zero-order valence-corrected chi connectivity index (χ0v) is 9.81. The lowest BCUT2D eigenvalue weighted by atomic mass is 10.5. The van der Waals surface area contributed by atoms with E-state index in [1.165, 1.54) is 12.8 Å². The van der Waals surface area contributed by atoms with Gasteiger partial charge in [-0.3, -0.25) is 0 Å². The Kier molecular flexibility index (Phi) is 3.56. The molecule has 0 aromatic carbocycles. The minimum absolute atomic E-state index is 0.604. The third-order valence-electron chi connectivity index (χ3n) is 2.63. The largest absolute Gasteiger partial charge is 0.481 e. The van der Waals surface area contributed by atoms with Gasteiger partial charge in [-0.2, -0.15) is 4.98 Å². The molecule has 0 amide bonds. The van der Waals surface area contributed by atoms with Crippen LogP contribution in [0.5, 0.6) is 5.88 Å². The SMILES string of the molecule is COc1ccnc(N(C)CCNC2CC2)n1. The third-order valence-corrected chi connectivity index (χ3v) is 2.63. The second-order valence-electron chi connectivity index (χ2n) is 4.05. The molecule has 0 spiro atoms. The van der Waals surface area contributed by atoms with E-state index < -0.39 is 0 Å². The number of rotatable bonds is 6. The van der Waals surface area contributed by atoms with E-state index in [-0.39, 0.29) is 0 Å². The molecule has 16 heavy (non-hydrogen) atoms. The molecule has 0 unspecified atom stereocenters. The van der Waals surface area contributed by atoms with Crippen molar-refractivity contribution >= 4 is 5.95 Å². The van der Waals surface area contributed by atoms with Crippen molar-refractivity contribution in [2.75, 3.05) is 32.1 Å². The van der Waals surface area contributed by atoms with Gasteiger partial charge in [0.1, 0.15) is 0 Å². The highest BCUT2D eigenvalue weighted by atomic mass is 16.5. The summed E-state index contributed by atoms with van der Waals surface area (Å²) in [5.41, 5.74) is 0. The summed E-state index contributed by atoms with van der Waals surface area (Å²) in [5.74, 6) is 1.31. The quantitative estimate of drug-likeness (QED) is 0.767. The van der Waals surface area contributed by atoms with Crippen LogP contribution in [0.3, 0.4) is 0 Å². The van der Waals surface area contributed by atoms with Gasteiger partial charge in [-0.25, -0.2) is 4.98 Å². The first-order chi connectivity index (χ1) is 7.79. The number of nitrogens with zero attached hydrogens (tertiary/aromatic N) is 3. The lowest BCUT2D eigenvalue weighted by molar-refractivity contribution is 0.397. The molecule has 1 saturated carbocycles. The Hall–Kier alpha value is -1.36. The van der Waals surface area contributed by atoms with Gasteiger partial charge < -0.3 is 15.0 Å². The summed E-state index contributed by atoms with van der Waals surface area (Å²) in [5, 5.41) is 3.46. The molecule has 1 fully saturated rings. The van der Waals surface area contributed by atoms with Crippen molar-refractivity contribution in [2.45, 2.75) is 18.9 Å². The first-order valence-electron chi connectivity index (χ1n) is 5.61. The van der Waals surface area contributed by atoms with E-state index in [9.17, 15) is 0 Å². The Labute approximate surface area is 95.8 Å². The fourth-order valence-corrected chi connectivity index (χ4v) is 1.45. The Morgan fingerprint density at radius 3 is 3.06 bits per heavy atom. The topological polar surface area (TPSA) is 50.3 Å². The number of aromatic nitrogens is 2. The van der Waals surface area contributed by atoms with Crippen LogP contribution in [0.4, 0.5) is 5.95 Å². The highest BCUT2D eigenvalue weighted by molar-refractivity contribution is 5.30. The van der Waals surface area contributed by atoms with Crippen LogP contribution in [0.2, 0.25) is 0 Å². The fourth-order valence-electron chi connectivity index (χ4n) is 1.45. The van der Waals surface area contributed by atoms with Crippen LogP contribution in [-0.2, 0) is 0 Å². The van der Waals surface area contributed by atoms with Crippen molar-refractivity contribution in [3.05, 3.63) is 12.3 Å². The maximum atomic E-state index is 5.06. The summed E-state index contributed by atoms with van der Waals surface area (Å²) in [6, 6.07) is 2.50. The van der Waals surface area contributed by atoms with E-state index in [1.54, 1.807) is 19.4 Å². The monoisotopic (exact) mass is 222 g/mol. The molecule has 0 aliphatic heterocycles. The molecule has 1 heterocycles. The summed E-state index contributed by atoms with van der Waals surface area (Å²) in [4.78, 5) is 10.5. The molecule has 5 nitrogen and oxygen atoms in total. The van der Waals surface area contributed by atoms with E-state index >= 15 is 0 Å². The summed E-state index contributed by atoms with van der Waals surface area (Å²) in [6.45, 7) is 1.88. The van der Waals surface area contributed by atoms with Gasteiger partial charge in [0.2, 0.25) is 11.8 Å². The summed E-state index contributed by atoms with van der Waals surface area (Å²) >= 11 is 0. The van der Waals surface area contributed by atoms with Gasteiger partial charge in [0, 0.05) is 38.4 Å². The van der Waals surface area contributed by atoms with Gasteiger partial charge >= 0.3 is 0 Å². The zero-order chi connectivity index (χ0) is 11.4. The van der Waals surface area contributed by atoms with Gasteiger partial charge in [0.15, 0.2) is 0 Å². The van der Waals surface area contributed by atoms with E-state index in [4.69, 9.17) is 4.74 Å². The van der Waals surface area contributed by atoms with Gasteiger partial charge in [-0.1, -0.05) is 0 Å². The summed E-state index contributed by atoms with van der Waals surface area (Å²) < 4.78 is 5.06. The molecule has 1 N–H and O–H groups in total. The molecule has 1 aromatic heterocycles. The maximum Gasteiger partial charge on any atom is 0.228 e. The number of ether oxygens (including phenoxy) is 1. The van der Waals surface area contributed by atoms with Crippen LogP contribution in [-0.4, -0.2) is 43.3 Å². The van der Waals surface area contributed by atoms with Crippen molar-refractivity contribution in [3.8, 4) is 5.88 Å². The van der Waals surface area contributed by atoms with E-state index in [0.717, 1.165) is 19.1 Å². The minimum atomic E-state index is 0.604. The molecule has 5 heteroatoms. The third kappa shape index (κ3) is 3.06. The zero-order valence-electron chi connectivity index (χ0n) is 9.81. The molecule has 0 radical (unpaired) electrons. The lowest BCUT2D eigenvalue weighted by Crippen LogP contribution is -2.31. The number of likely N-dealkylation sites (N-methyl/N-ethyl adjacent to an activating group) is 1. The summed E-state index contributed by atoms with van der Waals surface area (Å²) in [6.07, 6.45) is 4.35. The highest BCUT2D eigenvalue weighted by Crippen LogP contribution is 2.18. The minimum Gasteiger partial charge on any atom is -0.481 e. The van der Waals surface area contributed by atoms with Crippen LogP contribution in [0.15, 0.2) is 12.3 Å². The van der Waals surface area contributed by atoms with Crippen LogP contribution < -0.4 is 15.0 Å². The average molecular weight is 222 g/mol. The fraction of sp³-hybridized carbons (Fsp3) is 0.636. The molecule has 0 atom stereocenters. The number of anilines is 1. The second kappa shape index (κ2) is 5.12. The Morgan fingerprint density at radius 2 is 2.38 bits per heavy atom. The number of methoxy groups -OCH3 is 1. The summed E-state index contributed by atoms with van der Waals surface area (Å²) in [7, 11) is 3.60. The van der Waals surface area contributed by atoms with Crippen molar-refractivity contribution < 1.29 is 4.74 Å².